The summed E-state index contributed by atoms with van der Waals surface area (Å²) in [6.45, 7) is 0.987. The van der Waals surface area contributed by atoms with Gasteiger partial charge in [-0.15, -0.1) is 5.11 Å². The second-order valence-corrected chi connectivity index (χ2v) is 15.3. The lowest BCUT2D eigenvalue weighted by Gasteiger charge is -2.32. The van der Waals surface area contributed by atoms with Crippen LogP contribution in [0.5, 0.6) is 5.75 Å². The number of ketones is 2. The van der Waals surface area contributed by atoms with Gasteiger partial charge in [0, 0.05) is 53.1 Å². The van der Waals surface area contributed by atoms with Gasteiger partial charge in [0.05, 0.1) is 7.11 Å². The molecule has 2 aliphatic carbocycles. The quantitative estimate of drug-likeness (QED) is 0.154. The number of hydrogen-bond donors (Lipinski definition) is 2. The van der Waals surface area contributed by atoms with Crippen LogP contribution in [-0.4, -0.2) is 68.7 Å². The Balaban J connectivity index is 1.13. The molecule has 0 saturated heterocycles. The Morgan fingerprint density at radius 3 is 2.17 bits per heavy atom. The van der Waals surface area contributed by atoms with E-state index < -0.39 is 5.92 Å². The lowest BCUT2D eigenvalue weighted by Crippen LogP contribution is -2.32. The Kier molecular flexibility index (Phi) is 13.0. The Bertz CT molecular complexity index is 1790. The van der Waals surface area contributed by atoms with Gasteiger partial charge in [0.15, 0.2) is 18.3 Å². The third-order valence-electron chi connectivity index (χ3n) is 11.6. The van der Waals surface area contributed by atoms with Crippen molar-refractivity contribution >= 4 is 29.0 Å². The van der Waals surface area contributed by atoms with Crippen LogP contribution in [0.4, 0.5) is 5.69 Å². The van der Waals surface area contributed by atoms with Crippen LogP contribution in [0, 0.1) is 23.7 Å². The molecule has 0 aromatic heterocycles. The van der Waals surface area contributed by atoms with Crippen molar-refractivity contribution in [2.24, 2.45) is 44.6 Å². The van der Waals surface area contributed by atoms with Crippen LogP contribution in [0.15, 0.2) is 82.0 Å². The smallest absolute Gasteiger partial charge is 0.228 e. The fourth-order valence-electron chi connectivity index (χ4n) is 8.17. The van der Waals surface area contributed by atoms with Gasteiger partial charge < -0.3 is 20.7 Å². The predicted octanol–water partition coefficient (Wildman–Crippen LogP) is 7.75. The maximum Gasteiger partial charge on any atom is 0.228 e. The number of azo groups is 1. The molecule has 0 unspecified atom stereocenters. The molecule has 1 atom stereocenters. The molecule has 2 saturated carbocycles. The lowest BCUT2D eigenvalue weighted by molar-refractivity contribution is -0.129. The second kappa shape index (κ2) is 18.0. The summed E-state index contributed by atoms with van der Waals surface area (Å²) < 4.78 is 5.78. The first-order chi connectivity index (χ1) is 25.7. The zero-order chi connectivity index (χ0) is 37.3. The summed E-state index contributed by atoms with van der Waals surface area (Å²) in [6.07, 6.45) is 9.19. The molecule has 1 amide bonds. The largest absolute Gasteiger partial charge is 0.496 e. The van der Waals surface area contributed by atoms with E-state index in [0.29, 0.717) is 66.8 Å². The zero-order valence-electron chi connectivity index (χ0n) is 31.4. The van der Waals surface area contributed by atoms with Crippen molar-refractivity contribution in [2.45, 2.75) is 76.7 Å². The first kappa shape index (κ1) is 38.2. The van der Waals surface area contributed by atoms with Crippen molar-refractivity contribution < 1.29 is 19.1 Å². The Hall–Kier alpha value is -4.54. The van der Waals surface area contributed by atoms with Crippen LogP contribution >= 0.6 is 0 Å². The molecular formula is C43H54N6O4. The molecule has 6 rings (SSSR count). The number of rotatable bonds is 15. The van der Waals surface area contributed by atoms with E-state index >= 15 is 0 Å². The molecule has 1 aliphatic heterocycles. The summed E-state index contributed by atoms with van der Waals surface area (Å²) in [5.41, 5.74) is 10.9. The minimum Gasteiger partial charge on any atom is -0.496 e. The number of carbonyl (C=O) groups is 3. The summed E-state index contributed by atoms with van der Waals surface area (Å²) >= 11 is 0. The molecule has 3 aliphatic rings. The van der Waals surface area contributed by atoms with Gasteiger partial charge in [-0.2, -0.15) is 5.11 Å². The third kappa shape index (κ3) is 9.91. The number of carbonyl (C=O) groups excluding carboxylic acids is 3. The Labute approximate surface area is 313 Å². The molecule has 53 heavy (non-hydrogen) atoms. The predicted molar refractivity (Wildman–Crippen MR) is 209 cm³/mol. The topological polar surface area (TPSA) is 139 Å². The summed E-state index contributed by atoms with van der Waals surface area (Å²) in [6, 6.07) is 21.8. The minimum absolute atomic E-state index is 0.0310. The highest BCUT2D eigenvalue weighted by atomic mass is 16.5. The summed E-state index contributed by atoms with van der Waals surface area (Å²) in [4.78, 5) is 47.3. The molecule has 1 heterocycles. The molecule has 3 aromatic carbocycles. The van der Waals surface area contributed by atoms with Crippen molar-refractivity contribution in [1.29, 1.82) is 0 Å². The SMILES string of the molecule is COc1cc(C(=O)CC2CCC(N(C)C)CC2)ccc1-c1ccc(C[C@H](CC(=O)C2CCC(CN)CC2)C(=O)Nc2ccc(C3=NCN=N3)cc2)cc1. The van der Waals surface area contributed by atoms with Gasteiger partial charge >= 0.3 is 0 Å². The van der Waals surface area contributed by atoms with Gasteiger partial charge in [0.25, 0.3) is 0 Å². The van der Waals surface area contributed by atoms with Gasteiger partial charge in [0.2, 0.25) is 5.91 Å². The highest BCUT2D eigenvalue weighted by molar-refractivity contribution is 6.01. The highest BCUT2D eigenvalue weighted by Gasteiger charge is 2.30. The molecule has 0 bridgehead atoms. The number of methoxy groups -OCH3 is 1. The van der Waals surface area contributed by atoms with Crippen molar-refractivity contribution in [1.82, 2.24) is 4.90 Å². The van der Waals surface area contributed by atoms with Gasteiger partial charge in [0.1, 0.15) is 11.5 Å². The monoisotopic (exact) mass is 718 g/mol. The molecule has 0 radical (unpaired) electrons. The number of nitrogens with one attached hydrogen (secondary N) is 1. The van der Waals surface area contributed by atoms with Gasteiger partial charge in [-0.05, 0) is 138 Å². The zero-order valence-corrected chi connectivity index (χ0v) is 31.4. The van der Waals surface area contributed by atoms with Crippen LogP contribution < -0.4 is 15.8 Å². The molecule has 0 spiro atoms. The van der Waals surface area contributed by atoms with E-state index in [-0.39, 0.29) is 29.8 Å². The van der Waals surface area contributed by atoms with Gasteiger partial charge in [-0.25, -0.2) is 4.99 Å². The Morgan fingerprint density at radius 2 is 1.55 bits per heavy atom. The van der Waals surface area contributed by atoms with E-state index in [4.69, 9.17) is 10.5 Å². The van der Waals surface area contributed by atoms with Gasteiger partial charge in [-0.3, -0.25) is 14.4 Å². The first-order valence-corrected chi connectivity index (χ1v) is 19.2. The van der Waals surface area contributed by atoms with Crippen LogP contribution in [-0.2, 0) is 16.0 Å². The lowest BCUT2D eigenvalue weighted by atomic mass is 9.77. The number of aliphatic imine (C=N–C) groups is 1. The number of nitrogens with two attached hydrogens (primary N) is 1. The molecule has 10 heteroatoms. The van der Waals surface area contributed by atoms with Crippen LogP contribution in [0.25, 0.3) is 11.1 Å². The van der Waals surface area contributed by atoms with E-state index in [1.54, 1.807) is 7.11 Å². The van der Waals surface area contributed by atoms with Crippen LogP contribution in [0.3, 0.4) is 0 Å². The second-order valence-electron chi connectivity index (χ2n) is 15.3. The number of ether oxygens (including phenoxy) is 1. The standard InChI is InChI=1S/C43H54N6O4/c1-49(2)37-19-8-29(9-20-37)23-39(50)34-16-21-38(41(25-34)53-3)31-10-4-28(5-11-31)22-35(24-40(51)32-12-6-30(26-44)7-13-32)43(52)47-36-17-14-33(15-18-36)42-45-27-46-48-42/h4-5,10-11,14-18,21,25,29-30,32,35,37H,6-9,12-13,19-20,22-24,26-27,44H2,1-3H3,(H,47,52)/t29?,30?,32?,35-,37?/m1/s1. The van der Waals surface area contributed by atoms with E-state index in [2.05, 4.69) is 39.5 Å². The molecule has 10 nitrogen and oxygen atoms in total. The van der Waals surface area contributed by atoms with Crippen molar-refractivity contribution in [3.63, 3.8) is 0 Å². The van der Waals surface area contributed by atoms with E-state index in [1.165, 1.54) is 0 Å². The number of amides is 1. The number of nitrogens with zero attached hydrogens (tertiary/aromatic N) is 4. The number of amidine groups is 1. The van der Waals surface area contributed by atoms with Crippen molar-refractivity contribution in [2.75, 3.05) is 39.7 Å². The fraction of sp³-hybridized carbons (Fsp3) is 0.488. The maximum atomic E-state index is 13.8. The van der Waals surface area contributed by atoms with E-state index in [0.717, 1.165) is 73.6 Å². The van der Waals surface area contributed by atoms with Crippen molar-refractivity contribution in [3.05, 3.63) is 83.4 Å². The number of hydrogen-bond acceptors (Lipinski definition) is 9. The highest BCUT2D eigenvalue weighted by Crippen LogP contribution is 2.35. The molecule has 3 N–H and O–H groups in total. The third-order valence-corrected chi connectivity index (χ3v) is 11.6. The van der Waals surface area contributed by atoms with Crippen LogP contribution in [0.2, 0.25) is 0 Å². The van der Waals surface area contributed by atoms with Crippen molar-refractivity contribution in [3.8, 4) is 16.9 Å². The van der Waals surface area contributed by atoms with Crippen LogP contribution in [0.1, 0.15) is 85.7 Å². The summed E-state index contributed by atoms with van der Waals surface area (Å²) in [5.74, 6) is 1.70. The first-order valence-electron chi connectivity index (χ1n) is 19.2. The molecule has 2 fully saturated rings. The summed E-state index contributed by atoms with van der Waals surface area (Å²) in [7, 11) is 5.90. The average Bonchev–Trinajstić information content (AvgIpc) is 3.73. The molecule has 280 valence electrons. The molecular weight excluding hydrogens is 665 g/mol. The number of anilines is 1. The minimum atomic E-state index is -0.536. The van der Waals surface area contributed by atoms with E-state index in [9.17, 15) is 14.4 Å². The van der Waals surface area contributed by atoms with Gasteiger partial charge in [-0.1, -0.05) is 30.3 Å². The summed E-state index contributed by atoms with van der Waals surface area (Å²) in [5, 5.41) is 11.0. The fourth-order valence-corrected chi connectivity index (χ4v) is 8.17. The maximum absolute atomic E-state index is 13.8. The number of Topliss-reactive ketones (excluding diaryl/α,β-unsaturated/α-hetero) is 2. The molecule has 3 aromatic rings. The average molecular weight is 719 g/mol. The Morgan fingerprint density at radius 1 is 0.868 bits per heavy atom. The normalized spacial score (nSPS) is 21.9. The number of benzene rings is 3. The van der Waals surface area contributed by atoms with E-state index in [1.807, 2.05) is 66.7 Å².